The van der Waals surface area contributed by atoms with Crippen molar-refractivity contribution in [2.75, 3.05) is 0 Å². The number of hydrogen-bond acceptors (Lipinski definition) is 4. The van der Waals surface area contributed by atoms with Crippen LogP contribution in [0.4, 0.5) is 0 Å². The summed E-state index contributed by atoms with van der Waals surface area (Å²) in [5.74, 6) is 0. The summed E-state index contributed by atoms with van der Waals surface area (Å²) < 4.78 is 34.5. The predicted molar refractivity (Wildman–Crippen MR) is 123 cm³/mol. The molecule has 0 fully saturated rings. The topological polar surface area (TPSA) is 77.4 Å². The molecular formula is C24H49KO4S. The van der Waals surface area contributed by atoms with Crippen LogP contribution in [-0.2, 0) is 10.1 Å². The van der Waals surface area contributed by atoms with Crippen LogP contribution < -0.4 is 51.4 Å². The first kappa shape index (κ1) is 33.7. The van der Waals surface area contributed by atoms with Gasteiger partial charge in [0.1, 0.15) is 0 Å². The van der Waals surface area contributed by atoms with E-state index in [2.05, 4.69) is 6.92 Å². The zero-order valence-electron chi connectivity index (χ0n) is 20.4. The Kier molecular flexibility index (Phi) is 26.6. The molecule has 0 spiro atoms. The van der Waals surface area contributed by atoms with Gasteiger partial charge in [0.2, 0.25) is 0 Å². The van der Waals surface area contributed by atoms with Crippen LogP contribution in [0.2, 0.25) is 0 Å². The molecule has 0 saturated carbocycles. The van der Waals surface area contributed by atoms with Gasteiger partial charge in [-0.15, -0.1) is 0 Å². The molecule has 0 amide bonds. The molecule has 176 valence electrons. The zero-order valence-corrected chi connectivity index (χ0v) is 24.3. The van der Waals surface area contributed by atoms with Gasteiger partial charge in [-0.2, -0.15) is 0 Å². The van der Waals surface area contributed by atoms with E-state index in [1.54, 1.807) is 0 Å². The monoisotopic (exact) mass is 472 g/mol. The van der Waals surface area contributed by atoms with Crippen molar-refractivity contribution in [1.29, 1.82) is 0 Å². The molecule has 0 heterocycles. The first-order valence-electron chi connectivity index (χ1n) is 12.5. The van der Waals surface area contributed by atoms with E-state index in [0.29, 0.717) is 12.8 Å². The van der Waals surface area contributed by atoms with E-state index < -0.39 is 15.4 Å². The second-order valence-corrected chi connectivity index (χ2v) is 10.5. The van der Waals surface area contributed by atoms with Crippen molar-refractivity contribution in [3.8, 4) is 0 Å². The SMILES string of the molecule is CCCCCCCCC(CCCCCCCCCCCCC(O)CC)S(=O)(=O)[O-].[K+]. The van der Waals surface area contributed by atoms with Crippen molar-refractivity contribution < 1.29 is 69.5 Å². The quantitative estimate of drug-likeness (QED) is 0.146. The summed E-state index contributed by atoms with van der Waals surface area (Å²) in [4.78, 5) is 0. The minimum atomic E-state index is -4.15. The maximum Gasteiger partial charge on any atom is 1.00 e. The summed E-state index contributed by atoms with van der Waals surface area (Å²) in [5, 5.41) is 8.84. The molecule has 0 bridgehead atoms. The van der Waals surface area contributed by atoms with Crippen LogP contribution in [-0.4, -0.2) is 29.4 Å². The molecule has 0 aliphatic carbocycles. The molecule has 0 rings (SSSR count). The fourth-order valence-electron chi connectivity index (χ4n) is 3.96. The first-order valence-corrected chi connectivity index (χ1v) is 14.0. The van der Waals surface area contributed by atoms with Gasteiger partial charge in [0.25, 0.3) is 0 Å². The molecule has 0 aliphatic heterocycles. The number of aliphatic hydroxyl groups excluding tert-OH is 1. The summed E-state index contributed by atoms with van der Waals surface area (Å²) in [5.41, 5.74) is 0. The van der Waals surface area contributed by atoms with Crippen LogP contribution in [0, 0.1) is 0 Å². The van der Waals surface area contributed by atoms with Gasteiger partial charge < -0.3 is 9.66 Å². The molecular weight excluding hydrogens is 423 g/mol. The summed E-state index contributed by atoms with van der Waals surface area (Å²) in [6, 6.07) is 0. The Balaban J connectivity index is 0. The zero-order chi connectivity index (χ0) is 21.8. The summed E-state index contributed by atoms with van der Waals surface area (Å²) in [6.45, 7) is 4.21. The van der Waals surface area contributed by atoms with E-state index in [1.807, 2.05) is 6.92 Å². The normalized spacial score (nSPS) is 13.7. The molecule has 0 radical (unpaired) electrons. The Morgan fingerprint density at radius 2 is 0.967 bits per heavy atom. The van der Waals surface area contributed by atoms with Crippen LogP contribution in [0.25, 0.3) is 0 Å². The van der Waals surface area contributed by atoms with E-state index >= 15 is 0 Å². The fraction of sp³-hybridized carbons (Fsp3) is 1.00. The third-order valence-corrected chi connectivity index (χ3v) is 7.36. The van der Waals surface area contributed by atoms with Gasteiger partial charge in [-0.05, 0) is 25.7 Å². The summed E-state index contributed by atoms with van der Waals surface area (Å²) in [7, 11) is -4.15. The third kappa shape index (κ3) is 22.7. The second kappa shape index (κ2) is 23.7. The standard InChI is InChI=1S/C24H50O4S.K/c1-3-5-6-7-15-18-21-24(29(26,27)28)22-19-16-13-11-9-8-10-12-14-17-20-23(25)4-2;/h23-25H,3-22H2,1-2H3,(H,26,27,28);/q;+1/p-1. The Hall–Kier alpha value is 1.51. The molecule has 0 aliphatic rings. The predicted octanol–water partition coefficient (Wildman–Crippen LogP) is 4.11. The number of hydrogen-bond donors (Lipinski definition) is 1. The first-order chi connectivity index (χ1) is 13.9. The minimum absolute atomic E-state index is 0. The van der Waals surface area contributed by atoms with E-state index in [1.165, 1.54) is 57.8 Å². The molecule has 6 heteroatoms. The van der Waals surface area contributed by atoms with Gasteiger partial charge in [-0.1, -0.05) is 117 Å². The Morgan fingerprint density at radius 3 is 1.30 bits per heavy atom. The van der Waals surface area contributed by atoms with Crippen molar-refractivity contribution in [3.05, 3.63) is 0 Å². The second-order valence-electron chi connectivity index (χ2n) is 8.85. The molecule has 2 unspecified atom stereocenters. The third-order valence-electron chi connectivity index (χ3n) is 6.07. The van der Waals surface area contributed by atoms with Crippen molar-refractivity contribution in [3.63, 3.8) is 0 Å². The smallest absolute Gasteiger partial charge is 0.748 e. The molecule has 4 nitrogen and oxygen atoms in total. The minimum Gasteiger partial charge on any atom is -0.748 e. The van der Waals surface area contributed by atoms with Crippen LogP contribution in [0.3, 0.4) is 0 Å². The van der Waals surface area contributed by atoms with Crippen molar-refractivity contribution in [1.82, 2.24) is 0 Å². The summed E-state index contributed by atoms with van der Waals surface area (Å²) >= 11 is 0. The number of unbranched alkanes of at least 4 members (excludes halogenated alkanes) is 14. The van der Waals surface area contributed by atoms with E-state index in [0.717, 1.165) is 57.8 Å². The van der Waals surface area contributed by atoms with E-state index in [9.17, 15) is 18.1 Å². The fourth-order valence-corrected chi connectivity index (χ4v) is 4.87. The van der Waals surface area contributed by atoms with Gasteiger partial charge in [0.15, 0.2) is 0 Å². The van der Waals surface area contributed by atoms with Gasteiger partial charge in [0.05, 0.1) is 16.2 Å². The maximum absolute atomic E-state index is 11.5. The van der Waals surface area contributed by atoms with Crippen molar-refractivity contribution >= 4 is 10.1 Å². The average molecular weight is 473 g/mol. The molecule has 2 atom stereocenters. The molecule has 0 saturated heterocycles. The van der Waals surface area contributed by atoms with Crippen LogP contribution in [0.1, 0.15) is 142 Å². The molecule has 0 aromatic rings. The van der Waals surface area contributed by atoms with E-state index in [4.69, 9.17) is 0 Å². The van der Waals surface area contributed by atoms with Crippen LogP contribution in [0.15, 0.2) is 0 Å². The Bertz CT molecular complexity index is 442. The van der Waals surface area contributed by atoms with Gasteiger partial charge in [-0.3, -0.25) is 0 Å². The van der Waals surface area contributed by atoms with Crippen molar-refractivity contribution in [2.45, 2.75) is 154 Å². The number of rotatable bonds is 22. The maximum atomic E-state index is 11.5. The molecule has 0 aromatic heterocycles. The average Bonchev–Trinajstić information content (AvgIpc) is 2.68. The molecule has 1 N–H and O–H groups in total. The van der Waals surface area contributed by atoms with Gasteiger partial charge in [-0.25, -0.2) is 8.42 Å². The van der Waals surface area contributed by atoms with E-state index in [-0.39, 0.29) is 57.5 Å². The molecule has 0 aromatic carbocycles. The Morgan fingerprint density at radius 1 is 0.633 bits per heavy atom. The van der Waals surface area contributed by atoms with Gasteiger partial charge in [0, 0.05) is 5.25 Å². The number of aliphatic hydroxyl groups is 1. The van der Waals surface area contributed by atoms with Gasteiger partial charge >= 0.3 is 51.4 Å². The van der Waals surface area contributed by atoms with Crippen LogP contribution in [0.5, 0.6) is 0 Å². The van der Waals surface area contributed by atoms with Crippen LogP contribution >= 0.6 is 0 Å². The largest absolute Gasteiger partial charge is 1.00 e. The van der Waals surface area contributed by atoms with Crippen molar-refractivity contribution in [2.24, 2.45) is 0 Å². The molecule has 30 heavy (non-hydrogen) atoms. The Labute approximate surface area is 230 Å². The summed E-state index contributed by atoms with van der Waals surface area (Å²) in [6.07, 6.45) is 21.2.